The smallest absolute Gasteiger partial charge is 0.0135 e. The summed E-state index contributed by atoms with van der Waals surface area (Å²) in [7, 11) is 0. The van der Waals surface area contributed by atoms with E-state index in [1.165, 1.54) is 17.6 Å². The molecule has 1 atom stereocenters. The largest absolute Gasteiger partial charge is 0.0772 e. The quantitative estimate of drug-likeness (QED) is 0.600. The molecular weight excluding hydrogens is 204 g/mol. The molecule has 1 aliphatic rings. The summed E-state index contributed by atoms with van der Waals surface area (Å²) in [4.78, 5) is 0. The summed E-state index contributed by atoms with van der Waals surface area (Å²) < 4.78 is 0. The Morgan fingerprint density at radius 3 is 2.24 bits per heavy atom. The first-order chi connectivity index (χ1) is 7.86. The fraction of sp³-hybridized carbons (Fsp3) is 0.647. The molecule has 0 heterocycles. The Kier molecular flexibility index (Phi) is 4.80. The normalized spacial score (nSPS) is 18.8. The molecule has 1 aliphatic carbocycles. The maximum Gasteiger partial charge on any atom is -0.0135 e. The molecule has 0 N–H and O–H groups in total. The average Bonchev–Trinajstić information content (AvgIpc) is 2.43. The summed E-state index contributed by atoms with van der Waals surface area (Å²) in [5, 5.41) is 0. The van der Waals surface area contributed by atoms with Crippen LogP contribution in [0.1, 0.15) is 54.4 Å². The lowest BCUT2D eigenvalue weighted by atomic mass is 9.84. The van der Waals surface area contributed by atoms with Crippen LogP contribution in [0, 0.1) is 17.3 Å². The van der Waals surface area contributed by atoms with E-state index in [0.717, 1.165) is 12.3 Å². The van der Waals surface area contributed by atoms with Crippen LogP contribution in [0.3, 0.4) is 0 Å². The molecule has 0 fully saturated rings. The van der Waals surface area contributed by atoms with Crippen LogP contribution in [-0.4, -0.2) is 0 Å². The zero-order valence-electron chi connectivity index (χ0n) is 12.4. The van der Waals surface area contributed by atoms with Crippen LogP contribution in [0.25, 0.3) is 0 Å². The van der Waals surface area contributed by atoms with Crippen LogP contribution >= 0.6 is 0 Å². The highest BCUT2D eigenvalue weighted by molar-refractivity contribution is 5.36. The first kappa shape index (κ1) is 14.3. The second-order valence-electron chi connectivity index (χ2n) is 6.44. The van der Waals surface area contributed by atoms with Crippen molar-refractivity contribution in [3.05, 3.63) is 35.5 Å². The van der Waals surface area contributed by atoms with Crippen molar-refractivity contribution in [3.8, 4) is 0 Å². The van der Waals surface area contributed by atoms with Gasteiger partial charge in [0.25, 0.3) is 0 Å². The summed E-state index contributed by atoms with van der Waals surface area (Å²) in [6.07, 6.45) is 11.8. The van der Waals surface area contributed by atoms with Crippen molar-refractivity contribution in [2.75, 3.05) is 0 Å². The van der Waals surface area contributed by atoms with E-state index in [-0.39, 0.29) is 5.41 Å². The zero-order chi connectivity index (χ0) is 13.1. The second-order valence-corrected chi connectivity index (χ2v) is 6.44. The molecule has 1 unspecified atom stereocenters. The molecule has 0 aromatic heterocycles. The fourth-order valence-electron chi connectivity index (χ4n) is 2.57. The molecule has 0 saturated carbocycles. The molecule has 17 heavy (non-hydrogen) atoms. The molecule has 96 valence electrons. The minimum Gasteiger partial charge on any atom is -0.0772 e. The summed E-state index contributed by atoms with van der Waals surface area (Å²) in [6, 6.07) is 0. The van der Waals surface area contributed by atoms with Gasteiger partial charge in [-0.3, -0.25) is 0 Å². The SMILES string of the molecule is CCC(C1=CCC=C(C(C)(C)C)C=C1)C(C)C. The van der Waals surface area contributed by atoms with Gasteiger partial charge in [0.1, 0.15) is 0 Å². The lowest BCUT2D eigenvalue weighted by Crippen LogP contribution is -2.09. The Labute approximate surface area is 108 Å². The Balaban J connectivity index is 2.87. The van der Waals surface area contributed by atoms with Crippen molar-refractivity contribution in [1.82, 2.24) is 0 Å². The molecule has 0 saturated heterocycles. The van der Waals surface area contributed by atoms with Crippen LogP contribution in [0.15, 0.2) is 35.5 Å². The van der Waals surface area contributed by atoms with E-state index in [0.29, 0.717) is 5.92 Å². The summed E-state index contributed by atoms with van der Waals surface area (Å²) in [5.41, 5.74) is 3.25. The fourth-order valence-corrected chi connectivity index (χ4v) is 2.57. The van der Waals surface area contributed by atoms with Crippen molar-refractivity contribution in [2.45, 2.75) is 54.4 Å². The Morgan fingerprint density at radius 1 is 1.12 bits per heavy atom. The minimum atomic E-state index is 0.263. The Hall–Kier alpha value is -0.780. The third kappa shape index (κ3) is 3.87. The maximum atomic E-state index is 2.41. The first-order valence-corrected chi connectivity index (χ1v) is 6.95. The molecule has 0 spiro atoms. The van der Waals surface area contributed by atoms with Gasteiger partial charge in [-0.1, -0.05) is 65.8 Å². The average molecular weight is 232 g/mol. The second kappa shape index (κ2) is 5.71. The van der Waals surface area contributed by atoms with Gasteiger partial charge < -0.3 is 0 Å². The summed E-state index contributed by atoms with van der Waals surface area (Å²) in [6.45, 7) is 13.8. The molecule has 0 heteroatoms. The topological polar surface area (TPSA) is 0 Å². The Morgan fingerprint density at radius 2 is 1.76 bits per heavy atom. The number of hydrogen-bond acceptors (Lipinski definition) is 0. The number of hydrogen-bond donors (Lipinski definition) is 0. The van der Waals surface area contributed by atoms with E-state index in [9.17, 15) is 0 Å². The monoisotopic (exact) mass is 232 g/mol. The highest BCUT2D eigenvalue weighted by atomic mass is 14.2. The van der Waals surface area contributed by atoms with Crippen molar-refractivity contribution in [2.24, 2.45) is 17.3 Å². The Bertz CT molecular complexity index is 332. The lowest BCUT2D eigenvalue weighted by molar-refractivity contribution is 0.437. The number of allylic oxidation sites excluding steroid dienone is 6. The highest BCUT2D eigenvalue weighted by Crippen LogP contribution is 2.32. The highest BCUT2D eigenvalue weighted by Gasteiger charge is 2.18. The molecule has 0 aromatic rings. The van der Waals surface area contributed by atoms with E-state index >= 15 is 0 Å². The van der Waals surface area contributed by atoms with Crippen LogP contribution in [0.4, 0.5) is 0 Å². The van der Waals surface area contributed by atoms with Crippen LogP contribution in [0.2, 0.25) is 0 Å². The van der Waals surface area contributed by atoms with E-state index < -0.39 is 0 Å². The van der Waals surface area contributed by atoms with E-state index in [4.69, 9.17) is 0 Å². The van der Waals surface area contributed by atoms with E-state index in [1.54, 1.807) is 0 Å². The minimum absolute atomic E-state index is 0.263. The van der Waals surface area contributed by atoms with Crippen molar-refractivity contribution in [1.29, 1.82) is 0 Å². The van der Waals surface area contributed by atoms with E-state index in [2.05, 4.69) is 65.8 Å². The summed E-state index contributed by atoms with van der Waals surface area (Å²) in [5.74, 6) is 1.44. The predicted octanol–water partition coefficient (Wildman–Crippen LogP) is 5.53. The predicted molar refractivity (Wildman–Crippen MR) is 78.0 cm³/mol. The molecule has 0 aromatic carbocycles. The summed E-state index contributed by atoms with van der Waals surface area (Å²) >= 11 is 0. The van der Waals surface area contributed by atoms with Gasteiger partial charge in [-0.2, -0.15) is 0 Å². The van der Waals surface area contributed by atoms with Crippen molar-refractivity contribution < 1.29 is 0 Å². The standard InChI is InChI=1S/C17H28/c1-7-16(13(2)3)14-9-8-10-15(12-11-14)17(4,5)6/h9-13,16H,7-8H2,1-6H3. The zero-order valence-corrected chi connectivity index (χ0v) is 12.4. The van der Waals surface area contributed by atoms with Crippen molar-refractivity contribution in [3.63, 3.8) is 0 Å². The van der Waals surface area contributed by atoms with Crippen molar-refractivity contribution >= 4 is 0 Å². The molecule has 0 nitrogen and oxygen atoms in total. The van der Waals surface area contributed by atoms with E-state index in [1.807, 2.05) is 0 Å². The van der Waals surface area contributed by atoms with Gasteiger partial charge in [0.2, 0.25) is 0 Å². The van der Waals surface area contributed by atoms with Crippen LogP contribution < -0.4 is 0 Å². The number of rotatable bonds is 3. The van der Waals surface area contributed by atoms with Gasteiger partial charge in [-0.25, -0.2) is 0 Å². The molecular formula is C17H28. The van der Waals surface area contributed by atoms with Crippen LogP contribution in [-0.2, 0) is 0 Å². The van der Waals surface area contributed by atoms with Gasteiger partial charge in [0.15, 0.2) is 0 Å². The third-order valence-electron chi connectivity index (χ3n) is 3.69. The van der Waals surface area contributed by atoms with Gasteiger partial charge in [0.05, 0.1) is 0 Å². The molecule has 1 rings (SSSR count). The molecule has 0 aliphatic heterocycles. The maximum absolute atomic E-state index is 2.41. The van der Waals surface area contributed by atoms with Gasteiger partial charge in [-0.15, -0.1) is 0 Å². The first-order valence-electron chi connectivity index (χ1n) is 6.95. The molecule has 0 radical (unpaired) electrons. The van der Waals surface area contributed by atoms with Gasteiger partial charge >= 0.3 is 0 Å². The van der Waals surface area contributed by atoms with Gasteiger partial charge in [0, 0.05) is 0 Å². The van der Waals surface area contributed by atoms with Gasteiger partial charge in [-0.05, 0) is 41.2 Å². The lowest BCUT2D eigenvalue weighted by Gasteiger charge is -2.21. The third-order valence-corrected chi connectivity index (χ3v) is 3.69. The molecule has 0 amide bonds. The molecule has 0 bridgehead atoms. The van der Waals surface area contributed by atoms with Crippen LogP contribution in [0.5, 0.6) is 0 Å².